The van der Waals surface area contributed by atoms with Crippen molar-refractivity contribution in [1.82, 2.24) is 15.0 Å². The predicted octanol–water partition coefficient (Wildman–Crippen LogP) is 4.52. The summed E-state index contributed by atoms with van der Waals surface area (Å²) in [4.78, 5) is 11.8. The number of aromatic nitrogens is 3. The van der Waals surface area contributed by atoms with Gasteiger partial charge >= 0.3 is 0 Å². The van der Waals surface area contributed by atoms with Crippen molar-refractivity contribution in [3.05, 3.63) is 70.2 Å². The molecular formula is C17H16Cl2N4O. The van der Waals surface area contributed by atoms with E-state index in [1.165, 1.54) is 0 Å². The maximum atomic E-state index is 6.09. The number of benzene rings is 1. The molecule has 0 radical (unpaired) electrons. The number of halogens is 2. The third kappa shape index (κ3) is 4.19. The number of nitrogens with one attached hydrogen (secondary N) is 2. The van der Waals surface area contributed by atoms with E-state index in [4.69, 9.17) is 27.9 Å². The van der Waals surface area contributed by atoms with Gasteiger partial charge in [-0.25, -0.2) is 4.98 Å². The second-order valence-corrected chi connectivity index (χ2v) is 6.05. The van der Waals surface area contributed by atoms with E-state index >= 15 is 0 Å². The molecule has 0 spiro atoms. The van der Waals surface area contributed by atoms with E-state index in [0.29, 0.717) is 28.2 Å². The number of anilines is 1. The summed E-state index contributed by atoms with van der Waals surface area (Å²) >= 11 is 12.2. The Morgan fingerprint density at radius 3 is 2.67 bits per heavy atom. The molecule has 2 heterocycles. The fourth-order valence-corrected chi connectivity index (χ4v) is 2.93. The summed E-state index contributed by atoms with van der Waals surface area (Å²) in [6.45, 7) is 0. The normalized spacial score (nSPS) is 12.0. The zero-order valence-corrected chi connectivity index (χ0v) is 14.5. The Kier molecular flexibility index (Phi) is 5.23. The molecule has 124 valence electrons. The highest BCUT2D eigenvalue weighted by atomic mass is 35.5. The van der Waals surface area contributed by atoms with Gasteiger partial charge in [-0.1, -0.05) is 29.3 Å². The number of aromatic amines is 1. The van der Waals surface area contributed by atoms with Crippen molar-refractivity contribution in [1.29, 1.82) is 0 Å². The molecule has 3 aromatic rings. The number of H-pyrrole nitrogens is 1. The molecule has 0 saturated heterocycles. The molecule has 1 aromatic carbocycles. The van der Waals surface area contributed by atoms with Gasteiger partial charge in [0.05, 0.1) is 0 Å². The second kappa shape index (κ2) is 7.55. The van der Waals surface area contributed by atoms with Gasteiger partial charge in [0.1, 0.15) is 11.6 Å². The lowest BCUT2D eigenvalue weighted by Crippen LogP contribution is -2.13. The van der Waals surface area contributed by atoms with Crippen LogP contribution >= 0.6 is 23.2 Å². The highest BCUT2D eigenvalue weighted by molar-refractivity contribution is 6.34. The number of imidazole rings is 1. The fraction of sp³-hybridized carbons (Fsp3) is 0.176. The standard InChI is InChI=1S/C17H16Cl2N4O/c1-20-15-3-2-4-16(23-15)24-14(17-21-5-6-22-17)9-11-7-12(18)10-13(19)8-11/h2-8,10,14H,9H2,1H3,(H,20,23)(H,21,22). The third-order valence-corrected chi connectivity index (χ3v) is 3.85. The molecule has 0 saturated carbocycles. The van der Waals surface area contributed by atoms with E-state index in [1.54, 1.807) is 18.5 Å². The van der Waals surface area contributed by atoms with E-state index in [-0.39, 0.29) is 6.10 Å². The summed E-state index contributed by atoms with van der Waals surface area (Å²) in [5.74, 6) is 1.95. The molecule has 0 amide bonds. The Bertz CT molecular complexity index is 788. The van der Waals surface area contributed by atoms with Crippen molar-refractivity contribution in [3.8, 4) is 5.88 Å². The first kappa shape index (κ1) is 16.6. The molecule has 3 rings (SSSR count). The minimum absolute atomic E-state index is 0.339. The van der Waals surface area contributed by atoms with Gasteiger partial charge in [0.25, 0.3) is 0 Å². The number of hydrogen-bond acceptors (Lipinski definition) is 4. The highest BCUT2D eigenvalue weighted by Gasteiger charge is 2.18. The topological polar surface area (TPSA) is 62.8 Å². The molecule has 2 N–H and O–H groups in total. The van der Waals surface area contributed by atoms with Crippen molar-refractivity contribution in [2.45, 2.75) is 12.5 Å². The van der Waals surface area contributed by atoms with Crippen LogP contribution in [0.4, 0.5) is 5.82 Å². The summed E-state index contributed by atoms with van der Waals surface area (Å²) in [7, 11) is 1.81. The van der Waals surface area contributed by atoms with Gasteiger partial charge in [0, 0.05) is 42.0 Å². The summed E-state index contributed by atoms with van der Waals surface area (Å²) in [6, 6.07) is 11.0. The Balaban J connectivity index is 1.86. The average molecular weight is 363 g/mol. The minimum atomic E-state index is -0.339. The lowest BCUT2D eigenvalue weighted by Gasteiger charge is -2.17. The van der Waals surface area contributed by atoms with Crippen molar-refractivity contribution in [3.63, 3.8) is 0 Å². The molecule has 0 bridgehead atoms. The second-order valence-electron chi connectivity index (χ2n) is 5.17. The lowest BCUT2D eigenvalue weighted by atomic mass is 10.1. The molecule has 0 aliphatic rings. The van der Waals surface area contributed by atoms with Crippen LogP contribution in [0.15, 0.2) is 48.8 Å². The number of pyridine rings is 1. The average Bonchev–Trinajstić information content (AvgIpc) is 3.08. The predicted molar refractivity (Wildman–Crippen MR) is 95.9 cm³/mol. The molecule has 1 unspecified atom stereocenters. The van der Waals surface area contributed by atoms with Crippen LogP contribution in [-0.4, -0.2) is 22.0 Å². The van der Waals surface area contributed by atoms with E-state index in [0.717, 1.165) is 11.4 Å². The van der Waals surface area contributed by atoms with E-state index in [9.17, 15) is 0 Å². The van der Waals surface area contributed by atoms with Crippen LogP contribution in [-0.2, 0) is 6.42 Å². The van der Waals surface area contributed by atoms with Gasteiger partial charge < -0.3 is 15.0 Å². The zero-order chi connectivity index (χ0) is 16.9. The summed E-state index contributed by atoms with van der Waals surface area (Å²) in [5.41, 5.74) is 0.957. The van der Waals surface area contributed by atoms with Crippen LogP contribution in [0.25, 0.3) is 0 Å². The van der Waals surface area contributed by atoms with Gasteiger partial charge in [-0.05, 0) is 29.8 Å². The molecule has 7 heteroatoms. The SMILES string of the molecule is CNc1cccc(OC(Cc2cc(Cl)cc(Cl)c2)c2ncc[nH]2)n1. The summed E-state index contributed by atoms with van der Waals surface area (Å²) in [6.07, 6.45) is 3.66. The molecule has 2 aromatic heterocycles. The van der Waals surface area contributed by atoms with Crippen molar-refractivity contribution in [2.75, 3.05) is 12.4 Å². The Hall–Kier alpha value is -2.24. The molecule has 0 aliphatic carbocycles. The first-order valence-corrected chi connectivity index (χ1v) is 8.15. The number of hydrogen-bond donors (Lipinski definition) is 2. The summed E-state index contributed by atoms with van der Waals surface area (Å²) < 4.78 is 6.05. The quantitative estimate of drug-likeness (QED) is 0.676. The number of rotatable bonds is 6. The fourth-order valence-electron chi connectivity index (χ4n) is 2.36. The smallest absolute Gasteiger partial charge is 0.215 e. The summed E-state index contributed by atoms with van der Waals surface area (Å²) in [5, 5.41) is 4.17. The van der Waals surface area contributed by atoms with Crippen LogP contribution in [0.1, 0.15) is 17.5 Å². The van der Waals surface area contributed by atoms with E-state index < -0.39 is 0 Å². The van der Waals surface area contributed by atoms with E-state index in [1.807, 2.05) is 37.4 Å². The third-order valence-electron chi connectivity index (χ3n) is 3.41. The minimum Gasteiger partial charge on any atom is -0.466 e. The maximum absolute atomic E-state index is 6.09. The Morgan fingerprint density at radius 2 is 2.00 bits per heavy atom. The van der Waals surface area contributed by atoms with Crippen molar-refractivity contribution >= 4 is 29.0 Å². The van der Waals surface area contributed by atoms with Crippen LogP contribution in [0.2, 0.25) is 10.0 Å². The lowest BCUT2D eigenvalue weighted by molar-refractivity contribution is 0.189. The van der Waals surface area contributed by atoms with Crippen LogP contribution in [0, 0.1) is 0 Å². The zero-order valence-electron chi connectivity index (χ0n) is 13.0. The highest BCUT2D eigenvalue weighted by Crippen LogP contribution is 2.26. The van der Waals surface area contributed by atoms with Crippen LogP contribution < -0.4 is 10.1 Å². The first-order chi connectivity index (χ1) is 11.6. The Labute approximate surface area is 150 Å². The van der Waals surface area contributed by atoms with Gasteiger partial charge in [-0.3, -0.25) is 0 Å². The Morgan fingerprint density at radius 1 is 1.21 bits per heavy atom. The van der Waals surface area contributed by atoms with Crippen molar-refractivity contribution in [2.24, 2.45) is 0 Å². The van der Waals surface area contributed by atoms with E-state index in [2.05, 4.69) is 20.3 Å². The number of nitrogens with zero attached hydrogens (tertiary/aromatic N) is 2. The van der Waals surface area contributed by atoms with Gasteiger partial charge in [-0.15, -0.1) is 0 Å². The van der Waals surface area contributed by atoms with Crippen molar-refractivity contribution < 1.29 is 4.74 Å². The largest absolute Gasteiger partial charge is 0.466 e. The monoisotopic (exact) mass is 362 g/mol. The molecule has 5 nitrogen and oxygen atoms in total. The number of ether oxygens (including phenoxy) is 1. The molecular weight excluding hydrogens is 347 g/mol. The molecule has 1 atom stereocenters. The van der Waals surface area contributed by atoms with Crippen LogP contribution in [0.5, 0.6) is 5.88 Å². The molecule has 0 fully saturated rings. The molecule has 24 heavy (non-hydrogen) atoms. The van der Waals surface area contributed by atoms with Gasteiger partial charge in [0.2, 0.25) is 5.88 Å². The van der Waals surface area contributed by atoms with Crippen LogP contribution in [0.3, 0.4) is 0 Å². The van der Waals surface area contributed by atoms with Gasteiger partial charge in [0.15, 0.2) is 6.10 Å². The van der Waals surface area contributed by atoms with Gasteiger partial charge in [-0.2, -0.15) is 4.98 Å². The maximum Gasteiger partial charge on any atom is 0.215 e. The molecule has 0 aliphatic heterocycles. The first-order valence-electron chi connectivity index (χ1n) is 7.40.